The van der Waals surface area contributed by atoms with Gasteiger partial charge in [0, 0.05) is 30.4 Å². The van der Waals surface area contributed by atoms with Crippen molar-refractivity contribution >= 4 is 40.9 Å². The molecule has 4 nitrogen and oxygen atoms in total. The number of hydrogen-bond acceptors (Lipinski definition) is 3. The van der Waals surface area contributed by atoms with E-state index in [1.165, 1.54) is 19.3 Å². The number of carbonyl (C=O) groups excluding carboxylic acids is 1. The van der Waals surface area contributed by atoms with Crippen molar-refractivity contribution in [2.75, 3.05) is 12.4 Å². The van der Waals surface area contributed by atoms with Gasteiger partial charge in [0.15, 0.2) is 0 Å². The number of amides is 1. The highest BCUT2D eigenvalue weighted by atomic mass is 35.5. The van der Waals surface area contributed by atoms with Crippen LogP contribution in [-0.4, -0.2) is 18.0 Å². The second-order valence-corrected chi connectivity index (χ2v) is 8.72. The van der Waals surface area contributed by atoms with E-state index in [0.29, 0.717) is 36.3 Å². The zero-order chi connectivity index (χ0) is 25.5. The van der Waals surface area contributed by atoms with Gasteiger partial charge in [-0.05, 0) is 59.9 Å². The van der Waals surface area contributed by atoms with E-state index in [9.17, 15) is 4.79 Å². The number of allylic oxidation sites excluding steroid dienone is 6. The summed E-state index contributed by atoms with van der Waals surface area (Å²) in [5.41, 5.74) is 4.92. The van der Waals surface area contributed by atoms with Crippen LogP contribution in [-0.2, 0) is 16.0 Å². The third-order valence-electron chi connectivity index (χ3n) is 5.72. The van der Waals surface area contributed by atoms with Gasteiger partial charge in [0.2, 0.25) is 5.91 Å². The zero-order valence-electron chi connectivity index (χ0n) is 19.9. The molecule has 1 amide bonds. The van der Waals surface area contributed by atoms with Crippen LogP contribution < -0.4 is 5.32 Å². The Morgan fingerprint density at radius 2 is 2.03 bits per heavy atom. The van der Waals surface area contributed by atoms with Gasteiger partial charge in [0.1, 0.15) is 11.6 Å². The average molecular weight is 513 g/mol. The van der Waals surface area contributed by atoms with Crippen LogP contribution in [0.5, 0.6) is 0 Å². The summed E-state index contributed by atoms with van der Waals surface area (Å²) in [7, 11) is 1.50. The molecule has 0 aliphatic heterocycles. The van der Waals surface area contributed by atoms with Gasteiger partial charge in [-0.15, -0.1) is 0 Å². The van der Waals surface area contributed by atoms with Crippen molar-refractivity contribution in [3.8, 4) is 0 Å². The van der Waals surface area contributed by atoms with Crippen molar-refractivity contribution in [2.24, 2.45) is 0 Å². The van der Waals surface area contributed by atoms with Gasteiger partial charge in [0.05, 0.1) is 22.7 Å². The molecule has 182 valence electrons. The van der Waals surface area contributed by atoms with Crippen molar-refractivity contribution < 1.29 is 13.9 Å². The van der Waals surface area contributed by atoms with E-state index in [1.54, 1.807) is 12.3 Å². The van der Waals surface area contributed by atoms with Crippen LogP contribution >= 0.6 is 23.2 Å². The number of benzene rings is 1. The molecule has 1 aliphatic rings. The van der Waals surface area contributed by atoms with Gasteiger partial charge in [-0.3, -0.25) is 9.78 Å². The number of aryl methyl sites for hydroxylation is 1. The number of nitrogens with one attached hydrogen (secondary N) is 1. The first-order chi connectivity index (χ1) is 16.8. The lowest BCUT2D eigenvalue weighted by atomic mass is 10.0. The van der Waals surface area contributed by atoms with Crippen molar-refractivity contribution in [3.63, 3.8) is 0 Å². The Morgan fingerprint density at radius 3 is 2.66 bits per heavy atom. The highest BCUT2D eigenvalue weighted by Gasteiger charge is 2.23. The third kappa shape index (κ3) is 6.30. The van der Waals surface area contributed by atoms with Crippen LogP contribution in [0.15, 0.2) is 88.1 Å². The van der Waals surface area contributed by atoms with E-state index >= 15 is 4.39 Å². The van der Waals surface area contributed by atoms with E-state index in [4.69, 9.17) is 27.9 Å². The number of carbonyl (C=O) groups is 1. The summed E-state index contributed by atoms with van der Waals surface area (Å²) in [6, 6.07) is 9.29. The summed E-state index contributed by atoms with van der Waals surface area (Å²) >= 11 is 13.0. The standard InChI is InChI=1S/C28H27Cl2FN2O2/c1-5-19-11-13-24(35-4)28(30)26(27(19)29)22(31)14-18-10-12-20(32-16-18)15-21-17(3)8-7-9-23(21)33-25(34)6-2/h6-12,14,16H,2,5,13,15H2,1,3-4H3,(H,33,34)/b22-14-. The van der Waals surface area contributed by atoms with Crippen molar-refractivity contribution in [1.82, 2.24) is 4.98 Å². The van der Waals surface area contributed by atoms with Gasteiger partial charge in [-0.1, -0.05) is 61.0 Å². The number of methoxy groups -OCH3 is 1. The average Bonchev–Trinajstić information content (AvgIpc) is 2.96. The van der Waals surface area contributed by atoms with Crippen molar-refractivity contribution in [3.05, 3.63) is 110 Å². The van der Waals surface area contributed by atoms with E-state index in [0.717, 1.165) is 22.4 Å². The van der Waals surface area contributed by atoms with Gasteiger partial charge >= 0.3 is 0 Å². The summed E-state index contributed by atoms with van der Waals surface area (Å²) in [4.78, 5) is 16.3. The van der Waals surface area contributed by atoms with Gasteiger partial charge in [0.25, 0.3) is 0 Å². The lowest BCUT2D eigenvalue weighted by Crippen LogP contribution is -2.10. The van der Waals surface area contributed by atoms with Crippen molar-refractivity contribution in [2.45, 2.75) is 33.1 Å². The number of nitrogens with zero attached hydrogens (tertiary/aromatic N) is 1. The summed E-state index contributed by atoms with van der Waals surface area (Å²) < 4.78 is 20.8. The molecule has 0 radical (unpaired) electrons. The Labute approximate surface area is 215 Å². The van der Waals surface area contributed by atoms with Crippen LogP contribution in [0.25, 0.3) is 6.08 Å². The molecule has 2 aromatic rings. The fraction of sp³-hybridized carbons (Fsp3) is 0.214. The number of ether oxygens (including phenoxy) is 1. The molecule has 1 aromatic heterocycles. The van der Waals surface area contributed by atoms with Gasteiger partial charge in [-0.25, -0.2) is 4.39 Å². The Hall–Kier alpha value is -3.15. The summed E-state index contributed by atoms with van der Waals surface area (Å²) in [5.74, 6) is -0.394. The summed E-state index contributed by atoms with van der Waals surface area (Å²) in [6.07, 6.45) is 7.65. The van der Waals surface area contributed by atoms with Crippen LogP contribution in [0.1, 0.15) is 42.1 Å². The number of hydrogen-bond donors (Lipinski definition) is 1. The predicted molar refractivity (Wildman–Crippen MR) is 142 cm³/mol. The molecule has 1 heterocycles. The van der Waals surface area contributed by atoms with E-state index in [-0.39, 0.29) is 21.5 Å². The maximum absolute atomic E-state index is 15.4. The molecule has 0 saturated carbocycles. The second-order valence-electron chi connectivity index (χ2n) is 7.96. The number of anilines is 1. The maximum Gasteiger partial charge on any atom is 0.247 e. The van der Waals surface area contributed by atoms with Crippen LogP contribution in [0, 0.1) is 6.92 Å². The van der Waals surface area contributed by atoms with E-state index in [2.05, 4.69) is 16.9 Å². The lowest BCUT2D eigenvalue weighted by Gasteiger charge is -2.13. The second kappa shape index (κ2) is 12.0. The highest BCUT2D eigenvalue weighted by Crippen LogP contribution is 2.39. The van der Waals surface area contributed by atoms with Crippen LogP contribution in [0.3, 0.4) is 0 Å². The first-order valence-electron chi connectivity index (χ1n) is 11.2. The minimum absolute atomic E-state index is 0.113. The first kappa shape index (κ1) is 26.5. The highest BCUT2D eigenvalue weighted by molar-refractivity contribution is 6.37. The number of halogens is 3. The van der Waals surface area contributed by atoms with Crippen LogP contribution in [0.4, 0.5) is 10.1 Å². The van der Waals surface area contributed by atoms with Crippen molar-refractivity contribution in [1.29, 1.82) is 0 Å². The fourth-order valence-electron chi connectivity index (χ4n) is 3.74. The molecule has 1 N–H and O–H groups in total. The predicted octanol–water partition coefficient (Wildman–Crippen LogP) is 7.75. The molecule has 0 saturated heterocycles. The first-order valence-corrected chi connectivity index (χ1v) is 11.9. The molecule has 7 heteroatoms. The fourth-order valence-corrected chi connectivity index (χ4v) is 4.52. The molecule has 35 heavy (non-hydrogen) atoms. The minimum Gasteiger partial charge on any atom is -0.499 e. The van der Waals surface area contributed by atoms with Gasteiger partial charge in [-0.2, -0.15) is 0 Å². The largest absolute Gasteiger partial charge is 0.499 e. The smallest absolute Gasteiger partial charge is 0.247 e. The van der Waals surface area contributed by atoms with Gasteiger partial charge < -0.3 is 10.1 Å². The molecule has 0 spiro atoms. The zero-order valence-corrected chi connectivity index (χ0v) is 21.4. The monoisotopic (exact) mass is 512 g/mol. The Kier molecular flexibility index (Phi) is 9.07. The lowest BCUT2D eigenvalue weighted by molar-refractivity contribution is -0.111. The normalized spacial score (nSPS) is 14.5. The molecule has 3 rings (SSSR count). The number of pyridine rings is 1. The molecule has 0 bridgehead atoms. The summed E-state index contributed by atoms with van der Waals surface area (Å²) in [5, 5.41) is 3.26. The number of rotatable bonds is 8. The Bertz CT molecular complexity index is 1260. The third-order valence-corrected chi connectivity index (χ3v) is 6.55. The Morgan fingerprint density at radius 1 is 1.26 bits per heavy atom. The minimum atomic E-state index is -0.571. The molecule has 0 unspecified atom stereocenters. The Balaban J connectivity index is 1.90. The molecule has 0 fully saturated rings. The molecular weight excluding hydrogens is 486 g/mol. The van der Waals surface area contributed by atoms with Crippen LogP contribution in [0.2, 0.25) is 0 Å². The number of aromatic nitrogens is 1. The molecule has 0 atom stereocenters. The topological polar surface area (TPSA) is 51.2 Å². The molecular formula is C28H27Cl2FN2O2. The SMILES string of the molecule is C=CC(=O)Nc1cccc(C)c1Cc1ccc(/C=C(\F)C2=C(Cl)C(CC)=CCC(OC)=C2Cl)cn1. The molecule has 1 aliphatic carbocycles. The summed E-state index contributed by atoms with van der Waals surface area (Å²) in [6.45, 7) is 7.42. The maximum atomic E-state index is 15.4. The van der Waals surface area contributed by atoms with E-state index < -0.39 is 5.83 Å². The quantitative estimate of drug-likeness (QED) is 0.367. The molecule has 1 aromatic carbocycles. The van der Waals surface area contributed by atoms with E-state index in [1.807, 2.05) is 44.2 Å².